The Balaban J connectivity index is 1.89. The van der Waals surface area contributed by atoms with Gasteiger partial charge in [0.05, 0.1) is 6.26 Å². The Hall–Kier alpha value is -2.00. The molecule has 0 atom stereocenters. The minimum absolute atomic E-state index is 0.151. The van der Waals surface area contributed by atoms with Gasteiger partial charge in [0.15, 0.2) is 11.3 Å². The lowest BCUT2D eigenvalue weighted by molar-refractivity contribution is 0.0799. The Morgan fingerprint density at radius 3 is 2.60 bits per heavy atom. The minimum Gasteiger partial charge on any atom is -0.341 e. The SMILES string of the molecule is CCN(C)C(=O)c1ncn2c(C3CCN(S(C)(=O)=O)CC3)ccnc12. The molecule has 0 N–H and O–H groups in total. The first kappa shape index (κ1) is 17.8. The third kappa shape index (κ3) is 3.38. The molecule has 0 spiro atoms. The highest BCUT2D eigenvalue weighted by Gasteiger charge is 2.28. The number of rotatable bonds is 4. The Kier molecular flexibility index (Phi) is 4.79. The molecule has 25 heavy (non-hydrogen) atoms. The van der Waals surface area contributed by atoms with Crippen molar-refractivity contribution in [3.05, 3.63) is 30.0 Å². The topological polar surface area (TPSA) is 87.9 Å². The Bertz CT molecular complexity index is 884. The number of carbonyl (C=O) groups excluding carboxylic acids is 1. The lowest BCUT2D eigenvalue weighted by Crippen LogP contribution is -2.37. The summed E-state index contributed by atoms with van der Waals surface area (Å²) in [7, 11) is -1.41. The molecule has 3 rings (SSSR count). The standard InChI is InChI=1S/C16H23N5O3S/c1-4-19(2)16(22)14-15-17-8-5-13(21(15)11-18-14)12-6-9-20(10-7-12)25(3,23)24/h5,8,11-12H,4,6-7,9-10H2,1-3H3. The fourth-order valence-electron chi connectivity index (χ4n) is 3.21. The van der Waals surface area contributed by atoms with Gasteiger partial charge in [-0.1, -0.05) is 0 Å². The highest BCUT2D eigenvalue weighted by molar-refractivity contribution is 7.88. The molecule has 3 heterocycles. The molecule has 0 saturated carbocycles. The zero-order valence-corrected chi connectivity index (χ0v) is 15.5. The predicted octanol–water partition coefficient (Wildman–Crippen LogP) is 0.960. The van der Waals surface area contributed by atoms with Crippen LogP contribution in [0.1, 0.15) is 41.9 Å². The van der Waals surface area contributed by atoms with Gasteiger partial charge in [-0.3, -0.25) is 9.20 Å². The molecular weight excluding hydrogens is 342 g/mol. The largest absolute Gasteiger partial charge is 0.341 e. The van der Waals surface area contributed by atoms with E-state index in [0.29, 0.717) is 31.0 Å². The van der Waals surface area contributed by atoms with Crippen LogP contribution < -0.4 is 0 Å². The number of piperidine rings is 1. The van der Waals surface area contributed by atoms with Crippen LogP contribution in [0.5, 0.6) is 0 Å². The number of amides is 1. The molecule has 0 unspecified atom stereocenters. The van der Waals surface area contributed by atoms with E-state index in [-0.39, 0.29) is 11.8 Å². The molecule has 1 fully saturated rings. The quantitative estimate of drug-likeness (QED) is 0.805. The fourth-order valence-corrected chi connectivity index (χ4v) is 4.08. The third-order valence-corrected chi connectivity index (χ3v) is 6.13. The van der Waals surface area contributed by atoms with Gasteiger partial charge >= 0.3 is 0 Å². The summed E-state index contributed by atoms with van der Waals surface area (Å²) in [4.78, 5) is 22.6. The number of sulfonamides is 1. The van der Waals surface area contributed by atoms with Crippen molar-refractivity contribution in [2.75, 3.05) is 32.9 Å². The number of nitrogens with zero attached hydrogens (tertiary/aromatic N) is 5. The van der Waals surface area contributed by atoms with Crippen LogP contribution >= 0.6 is 0 Å². The summed E-state index contributed by atoms with van der Waals surface area (Å²) in [5, 5.41) is 0. The van der Waals surface area contributed by atoms with Crippen molar-refractivity contribution in [3.8, 4) is 0 Å². The fraction of sp³-hybridized carbons (Fsp3) is 0.562. The number of fused-ring (bicyclic) bond motifs is 1. The monoisotopic (exact) mass is 365 g/mol. The van der Waals surface area contributed by atoms with Crippen LogP contribution in [-0.2, 0) is 10.0 Å². The molecule has 8 nitrogen and oxygen atoms in total. The highest BCUT2D eigenvalue weighted by Crippen LogP contribution is 2.29. The van der Waals surface area contributed by atoms with Crippen molar-refractivity contribution in [2.24, 2.45) is 0 Å². The summed E-state index contributed by atoms with van der Waals surface area (Å²) in [6.45, 7) is 3.52. The van der Waals surface area contributed by atoms with Gasteiger partial charge in [0.25, 0.3) is 5.91 Å². The molecule has 1 amide bonds. The molecule has 0 bridgehead atoms. The smallest absolute Gasteiger partial charge is 0.276 e. The van der Waals surface area contributed by atoms with E-state index < -0.39 is 10.0 Å². The maximum Gasteiger partial charge on any atom is 0.276 e. The molecule has 136 valence electrons. The van der Waals surface area contributed by atoms with E-state index in [9.17, 15) is 13.2 Å². The van der Waals surface area contributed by atoms with Gasteiger partial charge in [0.1, 0.15) is 6.33 Å². The van der Waals surface area contributed by atoms with Gasteiger partial charge in [-0.25, -0.2) is 22.7 Å². The number of hydrogen-bond donors (Lipinski definition) is 0. The maximum absolute atomic E-state index is 12.4. The van der Waals surface area contributed by atoms with Crippen molar-refractivity contribution >= 4 is 21.6 Å². The van der Waals surface area contributed by atoms with E-state index in [2.05, 4.69) is 9.97 Å². The highest BCUT2D eigenvalue weighted by atomic mass is 32.2. The van der Waals surface area contributed by atoms with E-state index in [0.717, 1.165) is 18.5 Å². The molecule has 9 heteroatoms. The lowest BCUT2D eigenvalue weighted by Gasteiger charge is -2.30. The van der Waals surface area contributed by atoms with Crippen molar-refractivity contribution in [1.82, 2.24) is 23.6 Å². The van der Waals surface area contributed by atoms with Gasteiger partial charge < -0.3 is 4.90 Å². The van der Waals surface area contributed by atoms with Crippen molar-refractivity contribution in [1.29, 1.82) is 0 Å². The first-order valence-corrected chi connectivity index (χ1v) is 10.2. The zero-order valence-electron chi connectivity index (χ0n) is 14.7. The number of hydrogen-bond acceptors (Lipinski definition) is 5. The predicted molar refractivity (Wildman–Crippen MR) is 94.0 cm³/mol. The van der Waals surface area contributed by atoms with E-state index in [1.165, 1.54) is 10.6 Å². The Labute approximate surface area is 147 Å². The van der Waals surface area contributed by atoms with Gasteiger partial charge in [-0.05, 0) is 25.8 Å². The molecule has 0 aromatic carbocycles. The van der Waals surface area contributed by atoms with Crippen LogP contribution in [0.4, 0.5) is 0 Å². The van der Waals surface area contributed by atoms with E-state index in [1.807, 2.05) is 17.4 Å². The third-order valence-electron chi connectivity index (χ3n) is 4.83. The second-order valence-corrected chi connectivity index (χ2v) is 8.39. The molecule has 1 aliphatic heterocycles. The normalized spacial score (nSPS) is 17.1. The number of imidazole rings is 1. The van der Waals surface area contributed by atoms with E-state index >= 15 is 0 Å². The van der Waals surface area contributed by atoms with Gasteiger partial charge in [0, 0.05) is 44.5 Å². The summed E-state index contributed by atoms with van der Waals surface area (Å²) in [5.41, 5.74) is 1.91. The first-order chi connectivity index (χ1) is 11.8. The average Bonchev–Trinajstić information content (AvgIpc) is 3.03. The Morgan fingerprint density at radius 1 is 1.32 bits per heavy atom. The second-order valence-electron chi connectivity index (χ2n) is 6.41. The van der Waals surface area contributed by atoms with E-state index in [4.69, 9.17) is 0 Å². The molecule has 2 aromatic rings. The van der Waals surface area contributed by atoms with Crippen molar-refractivity contribution < 1.29 is 13.2 Å². The van der Waals surface area contributed by atoms with Gasteiger partial charge in [-0.2, -0.15) is 0 Å². The number of aromatic nitrogens is 3. The zero-order chi connectivity index (χ0) is 18.2. The van der Waals surface area contributed by atoms with Crippen molar-refractivity contribution in [2.45, 2.75) is 25.7 Å². The molecule has 1 saturated heterocycles. The first-order valence-electron chi connectivity index (χ1n) is 8.35. The minimum atomic E-state index is -3.14. The van der Waals surface area contributed by atoms with Crippen molar-refractivity contribution in [3.63, 3.8) is 0 Å². The number of carbonyl (C=O) groups is 1. The molecule has 0 radical (unpaired) electrons. The maximum atomic E-state index is 12.4. The van der Waals surface area contributed by atoms with Gasteiger partial charge in [0.2, 0.25) is 10.0 Å². The Morgan fingerprint density at radius 2 is 2.00 bits per heavy atom. The van der Waals surface area contributed by atoms with Crippen LogP contribution in [0.3, 0.4) is 0 Å². The summed E-state index contributed by atoms with van der Waals surface area (Å²) >= 11 is 0. The molecule has 1 aliphatic rings. The van der Waals surface area contributed by atoms with Crippen LogP contribution in [0.15, 0.2) is 18.6 Å². The summed E-state index contributed by atoms with van der Waals surface area (Å²) < 4.78 is 26.7. The van der Waals surface area contributed by atoms with E-state index in [1.54, 1.807) is 24.5 Å². The summed E-state index contributed by atoms with van der Waals surface area (Å²) in [6.07, 6.45) is 6.05. The second kappa shape index (κ2) is 6.72. The van der Waals surface area contributed by atoms with Crippen LogP contribution in [0, 0.1) is 0 Å². The molecule has 0 aliphatic carbocycles. The van der Waals surface area contributed by atoms with Crippen LogP contribution in [0.25, 0.3) is 5.65 Å². The van der Waals surface area contributed by atoms with Crippen LogP contribution in [0.2, 0.25) is 0 Å². The summed E-state index contributed by atoms with van der Waals surface area (Å²) in [6, 6.07) is 1.92. The lowest BCUT2D eigenvalue weighted by atomic mass is 9.94. The molecule has 2 aromatic heterocycles. The molecular formula is C16H23N5O3S. The van der Waals surface area contributed by atoms with Gasteiger partial charge in [-0.15, -0.1) is 0 Å². The summed E-state index contributed by atoms with van der Waals surface area (Å²) in [5.74, 6) is 0.0612. The van der Waals surface area contributed by atoms with Crippen LogP contribution in [-0.4, -0.2) is 70.8 Å². The average molecular weight is 365 g/mol.